The van der Waals surface area contributed by atoms with Crippen LogP contribution >= 0.6 is 0 Å². The molecule has 0 aliphatic carbocycles. The number of hydrogen-bond acceptors (Lipinski definition) is 4. The largest absolute Gasteiger partial charge is 0.480 e. The third-order valence-electron chi connectivity index (χ3n) is 3.71. The minimum Gasteiger partial charge on any atom is -0.480 e. The van der Waals surface area contributed by atoms with Crippen LogP contribution in [0.15, 0.2) is 0 Å². The highest BCUT2D eigenvalue weighted by Gasteiger charge is 2.33. The lowest BCUT2D eigenvalue weighted by atomic mass is 10.2. The number of amides is 2. The van der Waals surface area contributed by atoms with E-state index in [2.05, 4.69) is 15.5 Å². The number of likely N-dealkylation sites (tertiary alicyclic amines) is 1. The minimum absolute atomic E-state index is 0.250. The summed E-state index contributed by atoms with van der Waals surface area (Å²) < 4.78 is 0. The molecule has 108 valence electrons. The van der Waals surface area contributed by atoms with Gasteiger partial charge in [-0.05, 0) is 12.8 Å². The van der Waals surface area contributed by atoms with Crippen LogP contribution < -0.4 is 10.6 Å². The van der Waals surface area contributed by atoms with Gasteiger partial charge in [-0.25, -0.2) is 9.59 Å². The Morgan fingerprint density at radius 3 is 2.68 bits per heavy atom. The molecule has 1 atom stereocenters. The summed E-state index contributed by atoms with van der Waals surface area (Å²) in [6.45, 7) is 5.90. The Hall–Kier alpha value is -1.34. The van der Waals surface area contributed by atoms with E-state index in [9.17, 15) is 9.59 Å². The molecule has 2 amide bonds. The van der Waals surface area contributed by atoms with E-state index in [0.717, 1.165) is 39.1 Å². The molecule has 0 saturated carbocycles. The fourth-order valence-electron chi connectivity index (χ4n) is 2.62. The predicted molar refractivity (Wildman–Crippen MR) is 70.1 cm³/mol. The summed E-state index contributed by atoms with van der Waals surface area (Å²) in [5.74, 6) is -0.908. The van der Waals surface area contributed by atoms with Crippen molar-refractivity contribution in [3.63, 3.8) is 0 Å². The van der Waals surface area contributed by atoms with Crippen LogP contribution in [0.1, 0.15) is 12.8 Å². The number of carbonyl (C=O) groups is 2. The molecule has 7 heteroatoms. The Bertz CT molecular complexity index is 331. The number of carboxylic acids is 1. The summed E-state index contributed by atoms with van der Waals surface area (Å²) in [6, 6.07) is -0.903. The molecule has 0 radical (unpaired) electrons. The van der Waals surface area contributed by atoms with Gasteiger partial charge in [0, 0.05) is 45.8 Å². The highest BCUT2D eigenvalue weighted by Crippen LogP contribution is 2.17. The first-order chi connectivity index (χ1) is 9.18. The Labute approximate surface area is 112 Å². The van der Waals surface area contributed by atoms with Crippen LogP contribution in [0.5, 0.6) is 0 Å². The number of piperazine rings is 1. The molecule has 0 aromatic rings. The van der Waals surface area contributed by atoms with Gasteiger partial charge in [-0.1, -0.05) is 0 Å². The molecule has 0 unspecified atom stereocenters. The second-order valence-corrected chi connectivity index (χ2v) is 5.01. The molecule has 2 fully saturated rings. The molecular formula is C12H22N4O3. The number of hydrogen-bond donors (Lipinski definition) is 3. The molecule has 0 aromatic carbocycles. The first-order valence-corrected chi connectivity index (χ1v) is 6.89. The number of urea groups is 1. The van der Waals surface area contributed by atoms with Gasteiger partial charge >= 0.3 is 12.0 Å². The Balaban J connectivity index is 1.70. The molecule has 2 aliphatic heterocycles. The van der Waals surface area contributed by atoms with E-state index in [0.29, 0.717) is 19.5 Å². The summed E-state index contributed by atoms with van der Waals surface area (Å²) in [7, 11) is 0. The lowest BCUT2D eigenvalue weighted by molar-refractivity contribution is -0.141. The third-order valence-corrected chi connectivity index (χ3v) is 3.71. The molecule has 0 aromatic heterocycles. The molecule has 0 bridgehead atoms. The minimum atomic E-state index is -0.908. The van der Waals surface area contributed by atoms with Gasteiger partial charge in [0.15, 0.2) is 0 Å². The van der Waals surface area contributed by atoms with Crippen molar-refractivity contribution >= 4 is 12.0 Å². The van der Waals surface area contributed by atoms with E-state index in [-0.39, 0.29) is 6.03 Å². The number of nitrogens with one attached hydrogen (secondary N) is 2. The van der Waals surface area contributed by atoms with Crippen LogP contribution in [0.25, 0.3) is 0 Å². The average molecular weight is 270 g/mol. The van der Waals surface area contributed by atoms with Crippen molar-refractivity contribution in [1.29, 1.82) is 0 Å². The molecule has 2 saturated heterocycles. The maximum atomic E-state index is 11.9. The first kappa shape index (κ1) is 14.1. The summed E-state index contributed by atoms with van der Waals surface area (Å²) in [5, 5.41) is 15.1. The summed E-state index contributed by atoms with van der Waals surface area (Å²) in [6.07, 6.45) is 1.32. The highest BCUT2D eigenvalue weighted by atomic mass is 16.4. The summed E-state index contributed by atoms with van der Waals surface area (Å²) >= 11 is 0. The van der Waals surface area contributed by atoms with E-state index in [1.807, 2.05) is 0 Å². The smallest absolute Gasteiger partial charge is 0.326 e. The lowest BCUT2D eigenvalue weighted by Crippen LogP contribution is -2.49. The third kappa shape index (κ3) is 3.81. The molecule has 19 heavy (non-hydrogen) atoms. The van der Waals surface area contributed by atoms with Crippen LogP contribution in [-0.2, 0) is 4.79 Å². The monoisotopic (exact) mass is 270 g/mol. The first-order valence-electron chi connectivity index (χ1n) is 6.89. The van der Waals surface area contributed by atoms with Crippen LogP contribution in [0.4, 0.5) is 4.79 Å². The van der Waals surface area contributed by atoms with Crippen molar-refractivity contribution in [3.05, 3.63) is 0 Å². The van der Waals surface area contributed by atoms with Gasteiger partial charge in [0.1, 0.15) is 6.04 Å². The number of nitrogens with zero attached hydrogens (tertiary/aromatic N) is 2. The molecule has 2 rings (SSSR count). The Morgan fingerprint density at radius 2 is 2.00 bits per heavy atom. The summed E-state index contributed by atoms with van der Waals surface area (Å²) in [4.78, 5) is 26.6. The lowest BCUT2D eigenvalue weighted by Gasteiger charge is -2.28. The standard InChI is InChI=1S/C12H22N4O3/c17-11(18)10-2-1-6-16(10)12(19)14-5-9-15-7-3-13-4-8-15/h10,13H,1-9H2,(H,14,19)(H,17,18)/t10-/m0/s1. The molecule has 2 aliphatic rings. The predicted octanol–water partition coefficient (Wildman–Crippen LogP) is -0.850. The van der Waals surface area contributed by atoms with E-state index in [1.54, 1.807) is 0 Å². The van der Waals surface area contributed by atoms with Crippen LogP contribution in [0, 0.1) is 0 Å². The SMILES string of the molecule is O=C(O)[C@@H]1CCCN1C(=O)NCCN1CCNCC1. The fraction of sp³-hybridized carbons (Fsp3) is 0.833. The van der Waals surface area contributed by atoms with Crippen molar-refractivity contribution in [2.45, 2.75) is 18.9 Å². The highest BCUT2D eigenvalue weighted by molar-refractivity contribution is 5.83. The van der Waals surface area contributed by atoms with Crippen molar-refractivity contribution < 1.29 is 14.7 Å². The van der Waals surface area contributed by atoms with Crippen LogP contribution in [-0.4, -0.2) is 78.8 Å². The molecule has 0 spiro atoms. The van der Waals surface area contributed by atoms with Gasteiger partial charge in [-0.2, -0.15) is 0 Å². The van der Waals surface area contributed by atoms with Crippen LogP contribution in [0.3, 0.4) is 0 Å². The zero-order valence-electron chi connectivity index (χ0n) is 11.1. The number of carboxylic acid groups (broad SMARTS) is 1. The van der Waals surface area contributed by atoms with Gasteiger partial charge in [0.2, 0.25) is 0 Å². The number of rotatable bonds is 4. The van der Waals surface area contributed by atoms with Crippen LogP contribution in [0.2, 0.25) is 0 Å². The molecule has 2 heterocycles. The fourth-order valence-corrected chi connectivity index (χ4v) is 2.62. The van der Waals surface area contributed by atoms with Gasteiger partial charge in [-0.3, -0.25) is 4.90 Å². The zero-order valence-corrected chi connectivity index (χ0v) is 11.1. The van der Waals surface area contributed by atoms with Gasteiger partial charge in [-0.15, -0.1) is 0 Å². The second-order valence-electron chi connectivity index (χ2n) is 5.01. The van der Waals surface area contributed by atoms with E-state index >= 15 is 0 Å². The molecule has 7 nitrogen and oxygen atoms in total. The summed E-state index contributed by atoms with van der Waals surface area (Å²) in [5.41, 5.74) is 0. The van der Waals surface area contributed by atoms with E-state index in [4.69, 9.17) is 5.11 Å². The normalized spacial score (nSPS) is 24.4. The average Bonchev–Trinajstić information content (AvgIpc) is 2.89. The molecular weight excluding hydrogens is 248 g/mol. The van der Waals surface area contributed by atoms with E-state index in [1.165, 1.54) is 4.90 Å². The second kappa shape index (κ2) is 6.72. The number of carbonyl (C=O) groups excluding carboxylic acids is 1. The van der Waals surface area contributed by atoms with Gasteiger partial charge < -0.3 is 20.6 Å². The quantitative estimate of drug-likeness (QED) is 0.620. The van der Waals surface area contributed by atoms with Crippen molar-refractivity contribution in [2.75, 3.05) is 45.8 Å². The maximum Gasteiger partial charge on any atom is 0.326 e. The topological polar surface area (TPSA) is 84.9 Å². The van der Waals surface area contributed by atoms with Crippen molar-refractivity contribution in [2.24, 2.45) is 0 Å². The Morgan fingerprint density at radius 1 is 1.26 bits per heavy atom. The zero-order chi connectivity index (χ0) is 13.7. The van der Waals surface area contributed by atoms with E-state index < -0.39 is 12.0 Å². The molecule has 3 N–H and O–H groups in total. The van der Waals surface area contributed by atoms with Crippen molar-refractivity contribution in [3.8, 4) is 0 Å². The number of aliphatic carboxylic acids is 1. The van der Waals surface area contributed by atoms with Crippen molar-refractivity contribution in [1.82, 2.24) is 20.4 Å². The Kier molecular flexibility index (Phi) is 4.98. The van der Waals surface area contributed by atoms with Gasteiger partial charge in [0.25, 0.3) is 0 Å². The maximum absolute atomic E-state index is 11.9. The van der Waals surface area contributed by atoms with Gasteiger partial charge in [0.05, 0.1) is 0 Å².